The molecule has 0 bridgehead atoms. The minimum absolute atomic E-state index is 0.310. The monoisotopic (exact) mass is 222 g/mol. The first-order chi connectivity index (χ1) is 6.43. The van der Waals surface area contributed by atoms with Gasteiger partial charge in [0, 0.05) is 5.25 Å². The smallest absolute Gasteiger partial charge is 0.132 e. The molecule has 5 heteroatoms. The molecule has 84 valence electrons. The van der Waals surface area contributed by atoms with Crippen molar-refractivity contribution in [2.24, 2.45) is 0 Å². The number of rotatable bonds is 2. The standard InChI is InChI=1S/C9H18O4S/c1-4(2)14-9-8(12)7(11)6(10)5(3)13-9/h4-12H,1-3H3/t5-,6-,7+,8+,9-/m0/s1. The average molecular weight is 222 g/mol. The molecule has 1 saturated heterocycles. The lowest BCUT2D eigenvalue weighted by Crippen LogP contribution is -2.55. The third-order valence-corrected chi connectivity index (χ3v) is 3.42. The van der Waals surface area contributed by atoms with E-state index in [0.29, 0.717) is 5.25 Å². The molecule has 1 fully saturated rings. The van der Waals surface area contributed by atoms with Gasteiger partial charge >= 0.3 is 0 Å². The molecule has 1 aliphatic rings. The van der Waals surface area contributed by atoms with Gasteiger partial charge in [0.25, 0.3) is 0 Å². The van der Waals surface area contributed by atoms with Gasteiger partial charge in [0.15, 0.2) is 0 Å². The summed E-state index contributed by atoms with van der Waals surface area (Å²) in [7, 11) is 0. The summed E-state index contributed by atoms with van der Waals surface area (Å²) in [6.07, 6.45) is -3.58. The van der Waals surface area contributed by atoms with Crippen LogP contribution < -0.4 is 0 Å². The molecule has 3 N–H and O–H groups in total. The summed E-state index contributed by atoms with van der Waals surface area (Å²) in [5, 5.41) is 28.9. The molecule has 0 spiro atoms. The van der Waals surface area contributed by atoms with E-state index in [4.69, 9.17) is 4.74 Å². The lowest BCUT2D eigenvalue weighted by Gasteiger charge is -2.39. The molecule has 0 aromatic rings. The Morgan fingerprint density at radius 2 is 1.64 bits per heavy atom. The molecule has 5 atom stereocenters. The van der Waals surface area contributed by atoms with E-state index in [-0.39, 0.29) is 0 Å². The summed E-state index contributed by atoms with van der Waals surface area (Å²) < 4.78 is 5.40. The van der Waals surface area contributed by atoms with Gasteiger partial charge in [0.05, 0.1) is 6.10 Å². The minimum Gasteiger partial charge on any atom is -0.388 e. The van der Waals surface area contributed by atoms with Crippen molar-refractivity contribution in [2.75, 3.05) is 0 Å². The molecule has 1 heterocycles. The predicted molar refractivity (Wildman–Crippen MR) is 55.1 cm³/mol. The minimum atomic E-state index is -1.12. The summed E-state index contributed by atoms with van der Waals surface area (Å²) in [5.74, 6) is 0. The van der Waals surface area contributed by atoms with E-state index in [1.165, 1.54) is 11.8 Å². The van der Waals surface area contributed by atoms with Gasteiger partial charge in [0.1, 0.15) is 23.7 Å². The second kappa shape index (κ2) is 4.81. The largest absolute Gasteiger partial charge is 0.388 e. The molecule has 0 unspecified atom stereocenters. The van der Waals surface area contributed by atoms with Crippen molar-refractivity contribution in [1.29, 1.82) is 0 Å². The fraction of sp³-hybridized carbons (Fsp3) is 1.00. The lowest BCUT2D eigenvalue weighted by molar-refractivity contribution is -0.192. The molecule has 0 aliphatic carbocycles. The van der Waals surface area contributed by atoms with E-state index < -0.39 is 29.9 Å². The molecule has 1 aliphatic heterocycles. The highest BCUT2D eigenvalue weighted by atomic mass is 32.2. The maximum atomic E-state index is 9.62. The molecular formula is C9H18O4S. The topological polar surface area (TPSA) is 69.9 Å². The second-order valence-electron chi connectivity index (χ2n) is 3.87. The maximum absolute atomic E-state index is 9.62. The van der Waals surface area contributed by atoms with Crippen LogP contribution in [0, 0.1) is 0 Å². The van der Waals surface area contributed by atoms with Gasteiger partial charge in [0.2, 0.25) is 0 Å². The van der Waals surface area contributed by atoms with Crippen LogP contribution in [0.15, 0.2) is 0 Å². The Kier molecular flexibility index (Phi) is 4.21. The van der Waals surface area contributed by atoms with Crippen molar-refractivity contribution < 1.29 is 20.1 Å². The van der Waals surface area contributed by atoms with Crippen molar-refractivity contribution in [2.45, 2.75) is 55.9 Å². The zero-order valence-electron chi connectivity index (χ0n) is 8.62. The van der Waals surface area contributed by atoms with E-state index >= 15 is 0 Å². The van der Waals surface area contributed by atoms with E-state index in [1.54, 1.807) is 6.92 Å². The zero-order valence-corrected chi connectivity index (χ0v) is 9.44. The van der Waals surface area contributed by atoms with Gasteiger partial charge < -0.3 is 20.1 Å². The van der Waals surface area contributed by atoms with Crippen LogP contribution in [0.3, 0.4) is 0 Å². The first kappa shape index (κ1) is 12.3. The molecule has 0 radical (unpaired) electrons. The Hall–Kier alpha value is 0.190. The SMILES string of the molecule is CC(C)S[C@@H]1O[C@@H](C)[C@H](O)[C@@H](O)[C@H]1O. The third-order valence-electron chi connectivity index (χ3n) is 2.21. The Labute approximate surface area is 88.3 Å². The van der Waals surface area contributed by atoms with Crippen molar-refractivity contribution in [1.82, 2.24) is 0 Å². The molecule has 0 amide bonds. The first-order valence-electron chi connectivity index (χ1n) is 4.78. The molecule has 14 heavy (non-hydrogen) atoms. The predicted octanol–water partition coefficient (Wildman–Crippen LogP) is -0.0445. The van der Waals surface area contributed by atoms with Gasteiger partial charge in [-0.1, -0.05) is 13.8 Å². The van der Waals surface area contributed by atoms with E-state index in [1.807, 2.05) is 13.8 Å². The van der Waals surface area contributed by atoms with Crippen LogP contribution in [0.5, 0.6) is 0 Å². The number of aliphatic hydroxyl groups excluding tert-OH is 3. The summed E-state index contributed by atoms with van der Waals surface area (Å²) in [6.45, 7) is 5.67. The highest BCUT2D eigenvalue weighted by Gasteiger charge is 2.42. The fourth-order valence-electron chi connectivity index (χ4n) is 1.39. The van der Waals surface area contributed by atoms with Gasteiger partial charge in [-0.05, 0) is 6.92 Å². The number of thioether (sulfide) groups is 1. The van der Waals surface area contributed by atoms with Crippen LogP contribution in [0.1, 0.15) is 20.8 Å². The summed E-state index contributed by atoms with van der Waals surface area (Å²) >= 11 is 1.45. The van der Waals surface area contributed by atoms with E-state index in [2.05, 4.69) is 0 Å². The summed E-state index contributed by atoms with van der Waals surface area (Å²) in [6, 6.07) is 0. The van der Waals surface area contributed by atoms with Gasteiger partial charge in [-0.25, -0.2) is 0 Å². The average Bonchev–Trinajstić information content (AvgIpc) is 2.10. The molecular weight excluding hydrogens is 204 g/mol. The summed E-state index contributed by atoms with van der Waals surface area (Å²) in [4.78, 5) is 0. The zero-order chi connectivity index (χ0) is 10.9. The van der Waals surface area contributed by atoms with Crippen molar-refractivity contribution >= 4 is 11.8 Å². The van der Waals surface area contributed by atoms with Crippen LogP contribution >= 0.6 is 11.8 Å². The lowest BCUT2D eigenvalue weighted by atomic mass is 10.0. The highest BCUT2D eigenvalue weighted by Crippen LogP contribution is 2.30. The number of hydrogen-bond donors (Lipinski definition) is 3. The Balaban J connectivity index is 2.60. The summed E-state index contributed by atoms with van der Waals surface area (Å²) in [5.41, 5.74) is -0.455. The van der Waals surface area contributed by atoms with Crippen molar-refractivity contribution in [3.63, 3.8) is 0 Å². The van der Waals surface area contributed by atoms with Crippen molar-refractivity contribution in [3.8, 4) is 0 Å². The van der Waals surface area contributed by atoms with Crippen LogP contribution in [-0.4, -0.2) is 50.4 Å². The fourth-order valence-corrected chi connectivity index (χ4v) is 2.49. The molecule has 1 rings (SSSR count). The van der Waals surface area contributed by atoms with Crippen LogP contribution in [0.4, 0.5) is 0 Å². The number of aliphatic hydroxyl groups is 3. The first-order valence-corrected chi connectivity index (χ1v) is 5.73. The Bertz CT molecular complexity index is 188. The molecule has 4 nitrogen and oxygen atoms in total. The normalized spacial score (nSPS) is 44.4. The Morgan fingerprint density at radius 3 is 2.14 bits per heavy atom. The van der Waals surface area contributed by atoms with Gasteiger partial charge in [-0.3, -0.25) is 0 Å². The number of hydrogen-bond acceptors (Lipinski definition) is 5. The number of ether oxygens (including phenoxy) is 1. The van der Waals surface area contributed by atoms with Gasteiger partial charge in [-0.2, -0.15) is 0 Å². The highest BCUT2D eigenvalue weighted by molar-refractivity contribution is 8.00. The molecule has 0 aromatic carbocycles. The van der Waals surface area contributed by atoms with Crippen LogP contribution in [-0.2, 0) is 4.74 Å². The second-order valence-corrected chi connectivity index (χ2v) is 5.55. The molecule has 0 aromatic heterocycles. The van der Waals surface area contributed by atoms with Gasteiger partial charge in [-0.15, -0.1) is 11.8 Å². The van der Waals surface area contributed by atoms with Crippen LogP contribution in [0.2, 0.25) is 0 Å². The third kappa shape index (κ3) is 2.61. The maximum Gasteiger partial charge on any atom is 0.132 e. The van der Waals surface area contributed by atoms with E-state index in [0.717, 1.165) is 0 Å². The van der Waals surface area contributed by atoms with E-state index in [9.17, 15) is 15.3 Å². The quantitative estimate of drug-likeness (QED) is 0.611. The van der Waals surface area contributed by atoms with Crippen LogP contribution in [0.25, 0.3) is 0 Å². The molecule has 0 saturated carbocycles. The Morgan fingerprint density at radius 1 is 1.07 bits per heavy atom. The van der Waals surface area contributed by atoms with Crippen molar-refractivity contribution in [3.05, 3.63) is 0 Å².